The van der Waals surface area contributed by atoms with Crippen molar-refractivity contribution in [3.05, 3.63) is 35.4 Å². The molecule has 0 aromatic heterocycles. The number of phenols is 1. The molecule has 22 heavy (non-hydrogen) atoms. The van der Waals surface area contributed by atoms with E-state index in [2.05, 4.69) is 6.58 Å². The molecule has 0 aliphatic carbocycles. The fourth-order valence-corrected chi connectivity index (χ4v) is 3.30. The maximum atomic E-state index is 12.1. The van der Waals surface area contributed by atoms with Gasteiger partial charge < -0.3 is 9.84 Å². The van der Waals surface area contributed by atoms with E-state index in [1.165, 1.54) is 18.2 Å². The molecule has 0 heterocycles. The predicted molar refractivity (Wildman–Crippen MR) is 84.8 cm³/mol. The molecule has 0 aliphatic heterocycles. The Labute approximate surface area is 135 Å². The van der Waals surface area contributed by atoms with E-state index in [9.17, 15) is 18.3 Å². The van der Waals surface area contributed by atoms with Gasteiger partial charge in [0.2, 0.25) is 0 Å². The van der Waals surface area contributed by atoms with Crippen LogP contribution in [-0.2, 0) is 19.4 Å². The quantitative estimate of drug-likeness (QED) is 0.444. The Morgan fingerprint density at radius 1 is 1.32 bits per heavy atom. The first-order valence-electron chi connectivity index (χ1n) is 6.78. The van der Waals surface area contributed by atoms with E-state index in [1.807, 2.05) is 0 Å². The average molecular weight is 347 g/mol. The normalized spacial score (nSPS) is 11.2. The lowest BCUT2D eigenvalue weighted by molar-refractivity contribution is -0.139. The van der Waals surface area contributed by atoms with Crippen LogP contribution in [0.1, 0.15) is 26.2 Å². The lowest BCUT2D eigenvalue weighted by Crippen LogP contribution is -2.08. The van der Waals surface area contributed by atoms with E-state index in [0.717, 1.165) is 0 Å². The number of ether oxygens (including phenoxy) is 1. The van der Waals surface area contributed by atoms with Crippen LogP contribution < -0.4 is 0 Å². The molecule has 0 unspecified atom stereocenters. The summed E-state index contributed by atoms with van der Waals surface area (Å²) in [4.78, 5) is 11.2. The zero-order valence-electron chi connectivity index (χ0n) is 12.3. The molecule has 1 rings (SSSR count). The van der Waals surface area contributed by atoms with Gasteiger partial charge in [0, 0.05) is 5.57 Å². The Bertz CT molecular complexity index is 652. The number of carbonyl (C=O) groups is 1. The first kappa shape index (κ1) is 18.5. The summed E-state index contributed by atoms with van der Waals surface area (Å²) in [5, 5.41) is 9.30. The van der Waals surface area contributed by atoms with Crippen molar-refractivity contribution in [2.24, 2.45) is 0 Å². The van der Waals surface area contributed by atoms with Crippen LogP contribution in [0.3, 0.4) is 0 Å². The molecular formula is C15H19ClO5S. The topological polar surface area (TPSA) is 80.7 Å². The van der Waals surface area contributed by atoms with Crippen LogP contribution in [0.4, 0.5) is 0 Å². The van der Waals surface area contributed by atoms with Gasteiger partial charge in [-0.25, -0.2) is 13.2 Å². The summed E-state index contributed by atoms with van der Waals surface area (Å²) in [5.41, 5.74) is 0.340. The van der Waals surface area contributed by atoms with Crippen molar-refractivity contribution in [1.29, 1.82) is 0 Å². The largest absolute Gasteiger partial charge is 0.506 e. The third-order valence-corrected chi connectivity index (χ3v) is 5.02. The van der Waals surface area contributed by atoms with Crippen molar-refractivity contribution in [1.82, 2.24) is 0 Å². The van der Waals surface area contributed by atoms with Crippen LogP contribution in [0.15, 0.2) is 35.2 Å². The molecular weight excluding hydrogens is 328 g/mol. The average Bonchev–Trinajstić information content (AvgIpc) is 2.45. The number of benzene rings is 1. The molecule has 0 radical (unpaired) electrons. The van der Waals surface area contributed by atoms with Gasteiger partial charge in [0.1, 0.15) is 5.75 Å². The third kappa shape index (κ3) is 5.69. The van der Waals surface area contributed by atoms with Crippen molar-refractivity contribution in [3.63, 3.8) is 0 Å². The lowest BCUT2D eigenvalue weighted by atomic mass is 10.3. The second-order valence-electron chi connectivity index (χ2n) is 4.91. The van der Waals surface area contributed by atoms with Crippen molar-refractivity contribution < 1.29 is 23.1 Å². The van der Waals surface area contributed by atoms with Gasteiger partial charge in [0.15, 0.2) is 9.84 Å². The van der Waals surface area contributed by atoms with Crippen molar-refractivity contribution >= 4 is 27.4 Å². The molecule has 0 atom stereocenters. The number of halogens is 1. The zero-order valence-corrected chi connectivity index (χ0v) is 13.9. The molecule has 0 spiro atoms. The molecule has 0 aliphatic rings. The maximum absolute atomic E-state index is 12.1. The van der Waals surface area contributed by atoms with E-state index >= 15 is 0 Å². The zero-order chi connectivity index (χ0) is 16.8. The molecule has 5 nitrogen and oxygen atoms in total. The number of rotatable bonds is 8. The number of hydrogen-bond donors (Lipinski definition) is 1. The second-order valence-corrected chi connectivity index (χ2v) is 7.43. The van der Waals surface area contributed by atoms with Gasteiger partial charge in [0.25, 0.3) is 0 Å². The van der Waals surface area contributed by atoms with Crippen LogP contribution in [0.2, 0.25) is 5.02 Å². The lowest BCUT2D eigenvalue weighted by Gasteiger charge is -2.06. The Morgan fingerprint density at radius 3 is 2.59 bits per heavy atom. The molecule has 0 fully saturated rings. The fourth-order valence-electron chi connectivity index (χ4n) is 1.66. The molecule has 0 saturated heterocycles. The van der Waals surface area contributed by atoms with E-state index < -0.39 is 15.8 Å². The first-order chi connectivity index (χ1) is 10.2. The standard InChI is InChI=1S/C15H19ClO5S/c1-11(2)15(18)21-8-4-3-5-9-22(19,20)12-6-7-14(17)13(16)10-12/h6-7,10,17H,1,3-5,8-9H2,2H3. The molecule has 0 bridgehead atoms. The number of hydrogen-bond acceptors (Lipinski definition) is 5. The summed E-state index contributed by atoms with van der Waals surface area (Å²) >= 11 is 5.71. The van der Waals surface area contributed by atoms with E-state index in [1.54, 1.807) is 6.92 Å². The SMILES string of the molecule is C=C(C)C(=O)OCCCCCS(=O)(=O)c1ccc(O)c(Cl)c1. The van der Waals surface area contributed by atoms with Crippen LogP contribution in [0.25, 0.3) is 0 Å². The summed E-state index contributed by atoms with van der Waals surface area (Å²) in [6, 6.07) is 3.82. The van der Waals surface area contributed by atoms with Crippen LogP contribution >= 0.6 is 11.6 Å². The van der Waals surface area contributed by atoms with Crippen molar-refractivity contribution in [3.8, 4) is 5.75 Å². The fraction of sp³-hybridized carbons (Fsp3) is 0.400. The smallest absolute Gasteiger partial charge is 0.333 e. The summed E-state index contributed by atoms with van der Waals surface area (Å²) in [6.07, 6.45) is 1.66. The molecule has 1 aromatic carbocycles. The highest BCUT2D eigenvalue weighted by atomic mass is 35.5. The predicted octanol–water partition coefficient (Wildman–Crippen LogP) is 3.11. The number of carbonyl (C=O) groups excluding carboxylic acids is 1. The maximum Gasteiger partial charge on any atom is 0.333 e. The molecule has 1 N–H and O–H groups in total. The van der Waals surface area contributed by atoms with Gasteiger partial charge in [-0.1, -0.05) is 18.2 Å². The van der Waals surface area contributed by atoms with Crippen molar-refractivity contribution in [2.45, 2.75) is 31.1 Å². The Balaban J connectivity index is 2.39. The summed E-state index contributed by atoms with van der Waals surface area (Å²) < 4.78 is 29.1. The van der Waals surface area contributed by atoms with Crippen LogP contribution in [0.5, 0.6) is 5.75 Å². The van der Waals surface area contributed by atoms with Crippen molar-refractivity contribution in [2.75, 3.05) is 12.4 Å². The van der Waals surface area contributed by atoms with Gasteiger partial charge in [-0.2, -0.15) is 0 Å². The molecule has 0 saturated carbocycles. The number of phenolic OH excluding ortho intramolecular Hbond substituents is 1. The monoisotopic (exact) mass is 346 g/mol. The van der Waals surface area contributed by atoms with Gasteiger partial charge in [0.05, 0.1) is 22.3 Å². The molecule has 0 amide bonds. The van der Waals surface area contributed by atoms with E-state index in [4.69, 9.17) is 16.3 Å². The number of esters is 1. The van der Waals surface area contributed by atoms with E-state index in [-0.39, 0.29) is 28.0 Å². The summed E-state index contributed by atoms with van der Waals surface area (Å²) in [5.74, 6) is -0.617. The summed E-state index contributed by atoms with van der Waals surface area (Å²) in [7, 11) is -3.43. The number of sulfone groups is 1. The first-order valence-corrected chi connectivity index (χ1v) is 8.81. The Hall–Kier alpha value is -1.53. The Kier molecular flexibility index (Phi) is 6.90. The number of aromatic hydroxyl groups is 1. The highest BCUT2D eigenvalue weighted by molar-refractivity contribution is 7.91. The molecule has 1 aromatic rings. The minimum Gasteiger partial charge on any atom is -0.506 e. The molecule has 7 heteroatoms. The third-order valence-electron chi connectivity index (χ3n) is 2.92. The summed E-state index contributed by atoms with van der Waals surface area (Å²) in [6.45, 7) is 5.28. The minimum atomic E-state index is -3.43. The van der Waals surface area contributed by atoms with Gasteiger partial charge in [-0.15, -0.1) is 0 Å². The van der Waals surface area contributed by atoms with Crippen LogP contribution in [-0.4, -0.2) is 31.9 Å². The van der Waals surface area contributed by atoms with Crippen LogP contribution in [0, 0.1) is 0 Å². The highest BCUT2D eigenvalue weighted by Gasteiger charge is 2.15. The minimum absolute atomic E-state index is 0.00721. The van der Waals surface area contributed by atoms with Gasteiger partial charge in [-0.05, 0) is 44.4 Å². The van der Waals surface area contributed by atoms with Gasteiger partial charge in [-0.3, -0.25) is 0 Å². The highest BCUT2D eigenvalue weighted by Crippen LogP contribution is 2.26. The van der Waals surface area contributed by atoms with E-state index in [0.29, 0.717) is 24.8 Å². The second kappa shape index (κ2) is 8.19. The Morgan fingerprint density at radius 2 is 2.00 bits per heavy atom. The van der Waals surface area contributed by atoms with Gasteiger partial charge >= 0.3 is 5.97 Å². The number of unbranched alkanes of at least 4 members (excludes halogenated alkanes) is 2. The molecule has 122 valence electrons.